The quantitative estimate of drug-likeness (QED) is 0.0476. The van der Waals surface area contributed by atoms with Gasteiger partial charge < -0.3 is 123 Å². The first-order chi connectivity index (χ1) is 22.9. The van der Waals surface area contributed by atoms with Gasteiger partial charge >= 0.3 is 111 Å². The fourth-order valence-electron chi connectivity index (χ4n) is 5.76. The maximum absolute atomic E-state index is 13.6. The normalized spacial score (nSPS) is 17.1. The lowest BCUT2D eigenvalue weighted by Crippen LogP contribution is -2.87. The molecule has 0 heterocycles. The molecule has 0 aliphatic rings. The molecule has 0 rings (SSSR count). The molecule has 25 N–H and O–H groups in total. The van der Waals surface area contributed by atoms with Crippen molar-refractivity contribution in [2.24, 2.45) is 0 Å². The van der Waals surface area contributed by atoms with Gasteiger partial charge in [0.25, 0.3) is 5.52 Å². The van der Waals surface area contributed by atoms with Crippen LogP contribution in [0.4, 0.5) is 0 Å². The maximum atomic E-state index is 13.6. The van der Waals surface area contributed by atoms with Gasteiger partial charge in [-0.3, -0.25) is 54.8 Å². The van der Waals surface area contributed by atoms with Gasteiger partial charge in [-0.25, -0.2) is 4.48 Å². The Balaban J connectivity index is 13.2. The lowest BCUT2D eigenvalue weighted by Gasteiger charge is -2.67. The summed E-state index contributed by atoms with van der Waals surface area (Å²) >= 11 is 0. The second kappa shape index (κ2) is 14.6. The molecule has 0 radical (unpaired) electrons. The highest BCUT2D eigenvalue weighted by Crippen LogP contribution is 3.05. The molecule has 0 aliphatic heterocycles. The fraction of sp³-hybridized carbons (Fsp3) is 1.00. The summed E-state index contributed by atoms with van der Waals surface area (Å²) in [5.41, 5.74) is -7.26. The van der Waals surface area contributed by atoms with Crippen LogP contribution in [-0.2, 0) is 54.8 Å². The molecule has 0 fully saturated rings. The standard InChI is InChI=1S/C5H25NO37P12/c7-3(48(20,21)22,49(23,24)25)2(46(14,15)16,47(17,18)19)6(1(44(8,9)10)45(11,12)13,4(50(26,27)28,51(29,30)31)52(32,33)34)5(53(35,36)37,54(38,39)40)55(41,42)43/h1,7H,(H23-,8,9,10,11,12,13,14,15,16,17,18,19,20,21,22,23,24,25,26,27,28,29,30,31,32,33,34,35,36,37,38,39,40,41,42,43)/p+1. The summed E-state index contributed by atoms with van der Waals surface area (Å²) in [6.45, 7) is 0. The highest BCUT2D eigenvalue weighted by atomic mass is 31.3. The molecule has 0 aromatic heterocycles. The summed E-state index contributed by atoms with van der Waals surface area (Å²) in [6, 6.07) is 0. The minimum atomic E-state index is -10.0. The van der Waals surface area contributed by atoms with E-state index in [-0.39, 0.29) is 0 Å². The molecule has 0 bridgehead atoms. The predicted molar refractivity (Wildman–Crippen MR) is 162 cm³/mol. The molecule has 332 valence electrons. The third-order valence-electron chi connectivity index (χ3n) is 6.81. The number of rotatable bonds is 17. The van der Waals surface area contributed by atoms with Crippen molar-refractivity contribution in [3.8, 4) is 0 Å². The Kier molecular flexibility index (Phi) is 15.1. The Bertz CT molecular complexity index is 1890. The topological polar surface area (TPSA) is 711 Å². The molecule has 0 aromatic carbocycles. The molecule has 0 aromatic rings. The van der Waals surface area contributed by atoms with E-state index in [2.05, 4.69) is 0 Å². The van der Waals surface area contributed by atoms with Crippen LogP contribution < -0.4 is 0 Å². The van der Waals surface area contributed by atoms with E-state index >= 15 is 0 Å². The van der Waals surface area contributed by atoms with Crippen molar-refractivity contribution in [2.45, 2.75) is 25.2 Å². The number of aliphatic hydroxyl groups is 1. The van der Waals surface area contributed by atoms with E-state index in [0.29, 0.717) is 0 Å². The van der Waals surface area contributed by atoms with Crippen LogP contribution in [0.5, 0.6) is 0 Å². The van der Waals surface area contributed by atoms with Gasteiger partial charge in [-0.1, -0.05) is 0 Å². The molecule has 0 amide bonds. The fourth-order valence-corrected chi connectivity index (χ4v) is 34.9. The summed E-state index contributed by atoms with van der Waals surface area (Å²) < 4.78 is 134. The van der Waals surface area contributed by atoms with Gasteiger partial charge in [0.2, 0.25) is 0 Å². The van der Waals surface area contributed by atoms with Gasteiger partial charge in [0, 0.05) is 0 Å². The zero-order valence-electron chi connectivity index (χ0n) is 24.5. The molecule has 0 saturated heterocycles. The lowest BCUT2D eigenvalue weighted by atomic mass is 10.4. The summed E-state index contributed by atoms with van der Waals surface area (Å²) in [4.78, 5) is 246. The molecule has 0 spiro atoms. The predicted octanol–water partition coefficient (Wildman–Crippen LogP) is -6.26. The average molecular weight is 1060 g/mol. The average Bonchev–Trinajstić information content (AvgIpc) is 2.67. The molecular formula is C5H26NO37P12+. The summed E-state index contributed by atoms with van der Waals surface area (Å²) in [5, 5.41) is -6.02. The Morgan fingerprint density at radius 3 is 0.545 bits per heavy atom. The summed E-state index contributed by atoms with van der Waals surface area (Å²) in [5.74, 6) is 0. The second-order valence-corrected chi connectivity index (χ2v) is 34.1. The van der Waals surface area contributed by atoms with Gasteiger partial charge in [-0.05, 0) is 0 Å². The zero-order valence-corrected chi connectivity index (χ0v) is 35.2. The Labute approximate surface area is 298 Å². The van der Waals surface area contributed by atoms with Crippen LogP contribution in [0.25, 0.3) is 0 Å². The van der Waals surface area contributed by atoms with Crippen molar-refractivity contribution < 1.29 is 182 Å². The highest BCUT2D eigenvalue weighted by molar-refractivity contribution is 7.91. The van der Waals surface area contributed by atoms with E-state index in [1.165, 1.54) is 0 Å². The van der Waals surface area contributed by atoms with E-state index in [9.17, 15) is 177 Å². The number of hydrogen-bond acceptors (Lipinski definition) is 13. The molecule has 38 nitrogen and oxygen atoms in total. The van der Waals surface area contributed by atoms with Gasteiger partial charge in [0.1, 0.15) is 0 Å². The Morgan fingerprint density at radius 1 is 0.291 bits per heavy atom. The zero-order chi connectivity index (χ0) is 46.1. The third-order valence-corrected chi connectivity index (χ3v) is 35.5. The van der Waals surface area contributed by atoms with Crippen LogP contribution >= 0.6 is 91.1 Å². The van der Waals surface area contributed by atoms with Crippen LogP contribution in [-0.4, -0.2) is 152 Å². The molecule has 0 saturated carbocycles. The first-order valence-electron chi connectivity index (χ1n) is 11.1. The van der Waals surface area contributed by atoms with Crippen molar-refractivity contribution in [2.75, 3.05) is 0 Å². The van der Waals surface area contributed by atoms with Crippen LogP contribution in [0, 0.1) is 0 Å². The van der Waals surface area contributed by atoms with Crippen LogP contribution in [0.15, 0.2) is 0 Å². The van der Waals surface area contributed by atoms with Crippen LogP contribution in [0.2, 0.25) is 0 Å². The number of nitrogens with zero attached hydrogens (tertiary/aromatic N) is 1. The van der Waals surface area contributed by atoms with Crippen LogP contribution in [0.1, 0.15) is 0 Å². The third kappa shape index (κ3) is 7.57. The maximum Gasteiger partial charge on any atom is 0.411 e. The summed E-state index contributed by atoms with van der Waals surface area (Å²) in [7, 11) is -115. The van der Waals surface area contributed by atoms with Gasteiger partial charge in [0.05, 0.1) is 0 Å². The second-order valence-electron chi connectivity index (χ2n) is 10.2. The smallest absolute Gasteiger partial charge is 0.362 e. The van der Waals surface area contributed by atoms with Crippen molar-refractivity contribution >= 4 is 91.1 Å². The van der Waals surface area contributed by atoms with Crippen LogP contribution in [0.3, 0.4) is 0 Å². The Hall–Kier alpha value is 1.72. The molecule has 0 aliphatic carbocycles. The van der Waals surface area contributed by atoms with Gasteiger partial charge in [0.15, 0.2) is 0 Å². The first-order valence-corrected chi connectivity index (χ1v) is 30.6. The molecule has 50 heteroatoms. The van der Waals surface area contributed by atoms with E-state index in [1.807, 2.05) is 0 Å². The van der Waals surface area contributed by atoms with Crippen molar-refractivity contribution in [3.63, 3.8) is 0 Å². The SMILES string of the molecule is O=P(O)(O)C([N+](C(C(O)(P(=O)(O)O)P(=O)(O)O)(P(=O)(O)O)P(=O)(O)O)(C(P(=O)(O)O)(P(=O)(O)O)P(=O)(O)O)C(P(=O)(O)O)(P(=O)(O)O)P(=O)(O)O)P(=O)(O)O. The van der Waals surface area contributed by atoms with E-state index in [4.69, 9.17) is 0 Å². The largest absolute Gasteiger partial charge is 0.411 e. The minimum Gasteiger partial charge on any atom is -0.362 e. The Morgan fingerprint density at radius 2 is 0.455 bits per heavy atom. The molecular weight excluding hydrogens is 1040 g/mol. The van der Waals surface area contributed by atoms with Crippen molar-refractivity contribution in [1.82, 2.24) is 0 Å². The highest BCUT2D eigenvalue weighted by Gasteiger charge is 3.12. The van der Waals surface area contributed by atoms with Crippen molar-refractivity contribution in [1.29, 1.82) is 0 Å². The number of hydrogen-bond donors (Lipinski definition) is 25. The lowest BCUT2D eigenvalue weighted by molar-refractivity contribution is -0.977. The first kappa shape index (κ1) is 56.7. The van der Waals surface area contributed by atoms with Gasteiger partial charge in [-0.15, -0.1) is 0 Å². The molecule has 0 unspecified atom stereocenters. The van der Waals surface area contributed by atoms with E-state index in [1.54, 1.807) is 0 Å². The van der Waals surface area contributed by atoms with Gasteiger partial charge in [-0.2, -0.15) is 0 Å². The van der Waals surface area contributed by atoms with Crippen molar-refractivity contribution in [3.05, 3.63) is 0 Å². The number of quaternary nitrogens is 1. The molecule has 55 heavy (non-hydrogen) atoms. The summed E-state index contributed by atoms with van der Waals surface area (Å²) in [6.07, 6.45) is 0. The minimum absolute atomic E-state index is 7.26. The van der Waals surface area contributed by atoms with E-state index < -0.39 is 121 Å². The monoisotopic (exact) mass is 1060 g/mol. The van der Waals surface area contributed by atoms with E-state index in [0.717, 1.165) is 0 Å². The molecule has 0 atom stereocenters.